The largest absolute Gasteiger partial charge is 0.346 e. The van der Waals surface area contributed by atoms with Gasteiger partial charge in [0, 0.05) is 20.0 Å². The smallest absolute Gasteiger partial charge is 0.223 e. The average Bonchev–Trinajstić information content (AvgIpc) is 2.20. The van der Waals surface area contributed by atoms with Crippen LogP contribution >= 0.6 is 0 Å². The van der Waals surface area contributed by atoms with Gasteiger partial charge in [-0.3, -0.25) is 4.79 Å². The van der Waals surface area contributed by atoms with Gasteiger partial charge in [-0.2, -0.15) is 0 Å². The number of amides is 1. The maximum absolute atomic E-state index is 11.6. The van der Waals surface area contributed by atoms with Crippen molar-refractivity contribution in [1.29, 1.82) is 0 Å². The lowest BCUT2D eigenvalue weighted by atomic mass is 10.3. The predicted octanol–water partition coefficient (Wildman–Crippen LogP) is 0.255. The molecule has 17 heavy (non-hydrogen) atoms. The van der Waals surface area contributed by atoms with E-state index >= 15 is 0 Å². The number of nitrogens with two attached hydrogens (primary N) is 1. The zero-order valence-electron chi connectivity index (χ0n) is 11.0. The van der Waals surface area contributed by atoms with Crippen molar-refractivity contribution < 1.29 is 13.2 Å². The van der Waals surface area contributed by atoms with Gasteiger partial charge in [-0.15, -0.1) is 0 Å². The highest BCUT2D eigenvalue weighted by atomic mass is 32.2. The van der Waals surface area contributed by atoms with Crippen LogP contribution in [0.2, 0.25) is 0 Å². The van der Waals surface area contributed by atoms with Gasteiger partial charge in [-0.25, -0.2) is 8.42 Å². The Morgan fingerprint density at radius 1 is 1.35 bits per heavy atom. The van der Waals surface area contributed by atoms with Crippen LogP contribution in [0.4, 0.5) is 0 Å². The van der Waals surface area contributed by atoms with Crippen molar-refractivity contribution in [1.82, 2.24) is 4.90 Å². The number of nitrogens with zero attached hydrogens (tertiary/aromatic N) is 1. The Labute approximate surface area is 104 Å². The SMILES string of the molecule is CC(C)CS(=O)(=O)CCC(=O)N(C)CCCN. The average molecular weight is 264 g/mol. The molecule has 6 heteroatoms. The van der Waals surface area contributed by atoms with E-state index in [1.165, 1.54) is 4.90 Å². The lowest BCUT2D eigenvalue weighted by Gasteiger charge is -2.16. The zero-order valence-corrected chi connectivity index (χ0v) is 11.8. The molecule has 0 bridgehead atoms. The molecule has 0 radical (unpaired) electrons. The number of hydrogen-bond donors (Lipinski definition) is 1. The molecule has 0 aromatic carbocycles. The lowest BCUT2D eigenvalue weighted by Crippen LogP contribution is -2.30. The Hall–Kier alpha value is -0.620. The van der Waals surface area contributed by atoms with Crippen molar-refractivity contribution in [3.8, 4) is 0 Å². The van der Waals surface area contributed by atoms with Gasteiger partial charge >= 0.3 is 0 Å². The van der Waals surface area contributed by atoms with E-state index in [4.69, 9.17) is 5.73 Å². The van der Waals surface area contributed by atoms with Crippen molar-refractivity contribution in [2.75, 3.05) is 31.6 Å². The van der Waals surface area contributed by atoms with E-state index in [0.717, 1.165) is 6.42 Å². The standard InChI is InChI=1S/C11H24N2O3S/c1-10(2)9-17(15,16)8-5-11(14)13(3)7-4-6-12/h10H,4-9,12H2,1-3H3. The van der Waals surface area contributed by atoms with E-state index in [-0.39, 0.29) is 29.8 Å². The van der Waals surface area contributed by atoms with Gasteiger partial charge in [0.1, 0.15) is 0 Å². The summed E-state index contributed by atoms with van der Waals surface area (Å²) in [5.41, 5.74) is 5.34. The maximum atomic E-state index is 11.6. The number of rotatable bonds is 8. The minimum Gasteiger partial charge on any atom is -0.346 e. The van der Waals surface area contributed by atoms with Crippen LogP contribution in [0, 0.1) is 5.92 Å². The normalized spacial score (nSPS) is 11.8. The van der Waals surface area contributed by atoms with E-state index in [2.05, 4.69) is 0 Å². The second kappa shape index (κ2) is 7.66. The van der Waals surface area contributed by atoms with E-state index in [9.17, 15) is 13.2 Å². The molecule has 5 nitrogen and oxygen atoms in total. The molecule has 0 aliphatic carbocycles. The predicted molar refractivity (Wildman–Crippen MR) is 69.4 cm³/mol. The van der Waals surface area contributed by atoms with Crippen molar-refractivity contribution in [3.63, 3.8) is 0 Å². The van der Waals surface area contributed by atoms with E-state index in [0.29, 0.717) is 13.1 Å². The Bertz CT molecular complexity index is 326. The van der Waals surface area contributed by atoms with Crippen LogP contribution < -0.4 is 5.73 Å². The molecule has 0 spiro atoms. The van der Waals surface area contributed by atoms with Crippen LogP contribution in [-0.4, -0.2) is 50.9 Å². The first-order valence-electron chi connectivity index (χ1n) is 5.93. The second-order valence-electron chi connectivity index (χ2n) is 4.72. The van der Waals surface area contributed by atoms with Crippen molar-refractivity contribution in [2.24, 2.45) is 11.7 Å². The quantitative estimate of drug-likeness (QED) is 0.681. The van der Waals surface area contributed by atoms with Crippen LogP contribution in [0.15, 0.2) is 0 Å². The molecule has 0 aromatic rings. The van der Waals surface area contributed by atoms with E-state index in [1.807, 2.05) is 13.8 Å². The van der Waals surface area contributed by atoms with Gasteiger partial charge in [0.05, 0.1) is 11.5 Å². The third-order valence-corrected chi connectivity index (χ3v) is 4.34. The minimum atomic E-state index is -3.10. The molecule has 1 amide bonds. The van der Waals surface area contributed by atoms with Crippen LogP contribution in [0.1, 0.15) is 26.7 Å². The molecule has 0 rings (SSSR count). The second-order valence-corrected chi connectivity index (χ2v) is 6.94. The van der Waals surface area contributed by atoms with Crippen LogP contribution in [0.5, 0.6) is 0 Å². The molecule has 102 valence electrons. The lowest BCUT2D eigenvalue weighted by molar-refractivity contribution is -0.129. The zero-order chi connectivity index (χ0) is 13.5. The monoisotopic (exact) mass is 264 g/mol. The summed E-state index contributed by atoms with van der Waals surface area (Å²) in [6.07, 6.45) is 0.803. The molecule has 0 unspecified atom stereocenters. The molecule has 0 atom stereocenters. The van der Waals surface area contributed by atoms with Crippen LogP contribution in [0.25, 0.3) is 0 Å². The van der Waals surface area contributed by atoms with E-state index < -0.39 is 9.84 Å². The third kappa shape index (κ3) is 8.15. The number of carbonyl (C=O) groups is 1. The first-order valence-corrected chi connectivity index (χ1v) is 7.75. The minimum absolute atomic E-state index is 0.0586. The van der Waals surface area contributed by atoms with Crippen molar-refractivity contribution >= 4 is 15.7 Å². The number of hydrogen-bond acceptors (Lipinski definition) is 4. The Morgan fingerprint density at radius 3 is 2.41 bits per heavy atom. The fraction of sp³-hybridized carbons (Fsp3) is 0.909. The molecular formula is C11H24N2O3S. The molecule has 2 N–H and O–H groups in total. The van der Waals surface area contributed by atoms with Gasteiger partial charge < -0.3 is 10.6 Å². The van der Waals surface area contributed by atoms with Crippen LogP contribution in [0.3, 0.4) is 0 Å². The molecule has 0 aromatic heterocycles. The van der Waals surface area contributed by atoms with Gasteiger partial charge in [0.25, 0.3) is 0 Å². The topological polar surface area (TPSA) is 80.5 Å². The highest BCUT2D eigenvalue weighted by molar-refractivity contribution is 7.91. The number of sulfone groups is 1. The fourth-order valence-corrected chi connectivity index (χ4v) is 3.15. The van der Waals surface area contributed by atoms with Crippen molar-refractivity contribution in [2.45, 2.75) is 26.7 Å². The first kappa shape index (κ1) is 16.4. The van der Waals surface area contributed by atoms with E-state index in [1.54, 1.807) is 7.05 Å². The number of carbonyl (C=O) groups excluding carboxylic acids is 1. The van der Waals surface area contributed by atoms with Gasteiger partial charge in [-0.05, 0) is 18.9 Å². The van der Waals surface area contributed by atoms with Gasteiger partial charge in [-0.1, -0.05) is 13.8 Å². The third-order valence-electron chi connectivity index (χ3n) is 2.34. The van der Waals surface area contributed by atoms with Gasteiger partial charge in [0.2, 0.25) is 5.91 Å². The molecule has 0 aliphatic rings. The highest BCUT2D eigenvalue weighted by Gasteiger charge is 2.17. The molecule has 0 aliphatic heterocycles. The summed E-state index contributed by atoms with van der Waals surface area (Å²) in [4.78, 5) is 13.1. The summed E-state index contributed by atoms with van der Waals surface area (Å²) < 4.78 is 23.2. The summed E-state index contributed by atoms with van der Waals surface area (Å²) in [5, 5.41) is 0. The van der Waals surface area contributed by atoms with Crippen molar-refractivity contribution in [3.05, 3.63) is 0 Å². The Balaban J connectivity index is 4.06. The summed E-state index contributed by atoms with van der Waals surface area (Å²) in [7, 11) is -1.43. The summed E-state index contributed by atoms with van der Waals surface area (Å²) in [6.45, 7) is 4.82. The molecule has 0 saturated heterocycles. The summed E-state index contributed by atoms with van der Waals surface area (Å²) in [5.74, 6) is 0.0555. The molecule has 0 fully saturated rings. The maximum Gasteiger partial charge on any atom is 0.223 e. The van der Waals surface area contributed by atoms with Gasteiger partial charge in [0.15, 0.2) is 9.84 Å². The molecule has 0 saturated carbocycles. The Kier molecular flexibility index (Phi) is 7.38. The fourth-order valence-electron chi connectivity index (χ4n) is 1.48. The Morgan fingerprint density at radius 2 is 1.94 bits per heavy atom. The summed E-state index contributed by atoms with van der Waals surface area (Å²) >= 11 is 0. The molecule has 0 heterocycles. The summed E-state index contributed by atoms with van der Waals surface area (Å²) in [6, 6.07) is 0. The molecular weight excluding hydrogens is 240 g/mol. The van der Waals surface area contributed by atoms with Crippen LogP contribution in [-0.2, 0) is 14.6 Å². The highest BCUT2D eigenvalue weighted by Crippen LogP contribution is 2.03. The first-order chi connectivity index (χ1) is 7.78.